The molecule has 4 nitrogen and oxygen atoms in total. The monoisotopic (exact) mass is 422 g/mol. The largest absolute Gasteiger partial charge is 0.479 e. The Morgan fingerprint density at radius 1 is 1.13 bits per heavy atom. The van der Waals surface area contributed by atoms with Crippen LogP contribution in [0.5, 0.6) is 6.01 Å². The van der Waals surface area contributed by atoms with Gasteiger partial charge in [-0.05, 0) is 61.9 Å². The second-order valence-electron chi connectivity index (χ2n) is 7.90. The number of hydrogen-bond acceptors (Lipinski definition) is 4. The Morgan fingerprint density at radius 2 is 2.00 bits per heavy atom. The Balaban J connectivity index is 1.53. The highest BCUT2D eigenvalue weighted by Gasteiger charge is 2.08. The summed E-state index contributed by atoms with van der Waals surface area (Å²) >= 11 is 0. The lowest BCUT2D eigenvalue weighted by atomic mass is 10.0. The topological polar surface area (TPSA) is 55.2 Å². The van der Waals surface area contributed by atoms with Crippen molar-refractivity contribution in [2.24, 2.45) is 0 Å². The zero-order chi connectivity index (χ0) is 22.1. The quantitative estimate of drug-likeness (QED) is 0.341. The SMILES string of the molecule is CCCCCOC(C)CCCC=Cc1ccc(-c2ccc3nc(O)ncc3c2)c(F)c1. The van der Waals surface area contributed by atoms with Crippen LogP contribution in [-0.4, -0.2) is 27.8 Å². The van der Waals surface area contributed by atoms with Crippen LogP contribution >= 0.6 is 0 Å². The summed E-state index contributed by atoms with van der Waals surface area (Å²) in [6.45, 7) is 5.18. The summed E-state index contributed by atoms with van der Waals surface area (Å²) in [6.07, 6.45) is 12.5. The summed E-state index contributed by atoms with van der Waals surface area (Å²) in [5.41, 5.74) is 2.75. The average molecular weight is 423 g/mol. The Bertz CT molecular complexity index is 1020. The maximum absolute atomic E-state index is 14.7. The standard InChI is InChI=1S/C26H31FN2O2/c1-3-4-8-15-31-19(2)9-6-5-7-10-20-11-13-23(24(27)16-20)21-12-14-25-22(17-21)18-28-26(30)29-25/h7,10-14,16-19H,3-6,8-9,15H2,1-2H3,(H,28,29,30). The lowest BCUT2D eigenvalue weighted by Crippen LogP contribution is -2.08. The van der Waals surface area contributed by atoms with Crippen LogP contribution in [0.15, 0.2) is 48.7 Å². The highest BCUT2D eigenvalue weighted by atomic mass is 19.1. The molecule has 5 heteroatoms. The number of unbranched alkanes of at least 4 members (excludes halogenated alkanes) is 3. The van der Waals surface area contributed by atoms with Crippen LogP contribution in [0.3, 0.4) is 0 Å². The molecule has 164 valence electrons. The smallest absolute Gasteiger partial charge is 0.314 e. The molecule has 1 heterocycles. The van der Waals surface area contributed by atoms with Gasteiger partial charge >= 0.3 is 6.01 Å². The number of fused-ring (bicyclic) bond motifs is 1. The van der Waals surface area contributed by atoms with E-state index in [9.17, 15) is 9.50 Å². The number of allylic oxidation sites excluding steroid dienone is 1. The van der Waals surface area contributed by atoms with E-state index in [2.05, 4.69) is 29.9 Å². The van der Waals surface area contributed by atoms with Gasteiger partial charge in [0, 0.05) is 23.8 Å². The predicted molar refractivity (Wildman–Crippen MR) is 124 cm³/mol. The summed E-state index contributed by atoms with van der Waals surface area (Å²) in [5, 5.41) is 10.1. The van der Waals surface area contributed by atoms with Crippen molar-refractivity contribution < 1.29 is 14.2 Å². The lowest BCUT2D eigenvalue weighted by molar-refractivity contribution is 0.0566. The highest BCUT2D eigenvalue weighted by Crippen LogP contribution is 2.27. The Kier molecular flexibility index (Phi) is 8.53. The molecular weight excluding hydrogens is 391 g/mol. The van der Waals surface area contributed by atoms with E-state index in [1.54, 1.807) is 24.3 Å². The van der Waals surface area contributed by atoms with Crippen molar-refractivity contribution in [3.63, 3.8) is 0 Å². The molecule has 1 unspecified atom stereocenters. The minimum absolute atomic E-state index is 0.267. The zero-order valence-corrected chi connectivity index (χ0v) is 18.4. The second-order valence-corrected chi connectivity index (χ2v) is 7.90. The van der Waals surface area contributed by atoms with Gasteiger partial charge in [0.2, 0.25) is 0 Å². The van der Waals surface area contributed by atoms with Crippen molar-refractivity contribution in [3.05, 3.63) is 60.1 Å². The molecule has 0 bridgehead atoms. The number of halogens is 1. The summed E-state index contributed by atoms with van der Waals surface area (Å²) in [7, 11) is 0. The third-order valence-electron chi connectivity index (χ3n) is 5.31. The van der Waals surface area contributed by atoms with Crippen molar-refractivity contribution in [2.45, 2.75) is 58.5 Å². The fourth-order valence-corrected chi connectivity index (χ4v) is 3.52. The molecule has 1 N–H and O–H groups in total. The molecule has 0 aliphatic rings. The number of aromatic hydroxyl groups is 1. The van der Waals surface area contributed by atoms with Gasteiger partial charge < -0.3 is 9.84 Å². The number of nitrogens with zero attached hydrogens (tertiary/aromatic N) is 2. The van der Waals surface area contributed by atoms with E-state index in [0.717, 1.165) is 48.8 Å². The first-order chi connectivity index (χ1) is 15.1. The second kappa shape index (κ2) is 11.6. The fourth-order valence-electron chi connectivity index (χ4n) is 3.52. The minimum atomic E-state index is -0.268. The summed E-state index contributed by atoms with van der Waals surface area (Å²) < 4.78 is 20.6. The van der Waals surface area contributed by atoms with Crippen LogP contribution in [0.1, 0.15) is 57.9 Å². The van der Waals surface area contributed by atoms with E-state index in [0.29, 0.717) is 17.2 Å². The van der Waals surface area contributed by atoms with Crippen LogP contribution in [0.25, 0.3) is 28.1 Å². The molecule has 0 aliphatic carbocycles. The highest BCUT2D eigenvalue weighted by molar-refractivity contribution is 5.84. The van der Waals surface area contributed by atoms with Crippen molar-refractivity contribution >= 4 is 17.0 Å². The van der Waals surface area contributed by atoms with Crippen LogP contribution in [0.4, 0.5) is 4.39 Å². The van der Waals surface area contributed by atoms with Gasteiger partial charge in [-0.25, -0.2) is 9.37 Å². The van der Waals surface area contributed by atoms with Crippen molar-refractivity contribution in [3.8, 4) is 17.1 Å². The third-order valence-corrected chi connectivity index (χ3v) is 5.31. The van der Waals surface area contributed by atoms with E-state index in [-0.39, 0.29) is 11.8 Å². The number of benzene rings is 2. The maximum Gasteiger partial charge on any atom is 0.314 e. The number of hydrogen-bond donors (Lipinski definition) is 1. The number of rotatable bonds is 11. The van der Waals surface area contributed by atoms with Gasteiger partial charge in [-0.1, -0.05) is 50.1 Å². The van der Waals surface area contributed by atoms with E-state index >= 15 is 0 Å². The van der Waals surface area contributed by atoms with Gasteiger partial charge in [-0.15, -0.1) is 0 Å². The Labute approximate surface area is 183 Å². The fraction of sp³-hybridized carbons (Fsp3) is 0.385. The number of ether oxygens (including phenoxy) is 1. The minimum Gasteiger partial charge on any atom is -0.479 e. The van der Waals surface area contributed by atoms with Crippen molar-refractivity contribution in [1.82, 2.24) is 9.97 Å². The van der Waals surface area contributed by atoms with Crippen LogP contribution in [0.2, 0.25) is 0 Å². The molecule has 0 fully saturated rings. The number of aromatic nitrogens is 2. The molecule has 1 atom stereocenters. The van der Waals surface area contributed by atoms with Crippen LogP contribution < -0.4 is 0 Å². The maximum atomic E-state index is 14.7. The van der Waals surface area contributed by atoms with Gasteiger partial charge in [0.25, 0.3) is 0 Å². The lowest BCUT2D eigenvalue weighted by Gasteiger charge is -2.12. The first kappa shape index (κ1) is 22.9. The molecule has 1 aromatic heterocycles. The van der Waals surface area contributed by atoms with Gasteiger partial charge in [0.05, 0.1) is 11.6 Å². The van der Waals surface area contributed by atoms with Crippen LogP contribution in [-0.2, 0) is 4.74 Å². The molecule has 0 aliphatic heterocycles. The molecule has 3 rings (SSSR count). The molecular formula is C26H31FN2O2. The Hall–Kier alpha value is -2.79. The molecule has 3 aromatic rings. The van der Waals surface area contributed by atoms with Crippen molar-refractivity contribution in [1.29, 1.82) is 0 Å². The molecule has 0 spiro atoms. The molecule has 0 radical (unpaired) electrons. The van der Waals surface area contributed by atoms with Gasteiger partial charge in [-0.3, -0.25) is 0 Å². The van der Waals surface area contributed by atoms with E-state index in [1.807, 2.05) is 18.2 Å². The predicted octanol–water partition coefficient (Wildman–Crippen LogP) is 6.92. The first-order valence-corrected chi connectivity index (χ1v) is 11.1. The van der Waals surface area contributed by atoms with E-state index in [4.69, 9.17) is 4.74 Å². The van der Waals surface area contributed by atoms with Crippen LogP contribution in [0, 0.1) is 5.82 Å². The van der Waals surface area contributed by atoms with E-state index < -0.39 is 0 Å². The third kappa shape index (κ3) is 6.86. The molecule has 0 amide bonds. The Morgan fingerprint density at radius 3 is 2.81 bits per heavy atom. The van der Waals surface area contributed by atoms with Gasteiger partial charge in [0.15, 0.2) is 0 Å². The molecule has 2 aromatic carbocycles. The summed E-state index contributed by atoms with van der Waals surface area (Å²) in [5.74, 6) is -0.268. The normalized spacial score (nSPS) is 12.6. The van der Waals surface area contributed by atoms with Gasteiger partial charge in [-0.2, -0.15) is 4.98 Å². The van der Waals surface area contributed by atoms with Gasteiger partial charge in [0.1, 0.15) is 5.82 Å². The summed E-state index contributed by atoms with van der Waals surface area (Å²) in [6, 6.07) is 10.4. The summed E-state index contributed by atoms with van der Waals surface area (Å²) in [4.78, 5) is 7.76. The first-order valence-electron chi connectivity index (χ1n) is 11.1. The van der Waals surface area contributed by atoms with Crippen molar-refractivity contribution in [2.75, 3.05) is 6.61 Å². The van der Waals surface area contributed by atoms with E-state index in [1.165, 1.54) is 19.0 Å². The molecule has 31 heavy (non-hydrogen) atoms. The molecule has 0 saturated carbocycles. The zero-order valence-electron chi connectivity index (χ0n) is 18.4. The average Bonchev–Trinajstić information content (AvgIpc) is 2.76. The molecule has 0 saturated heterocycles.